The molecule has 0 atom stereocenters. The smallest absolute Gasteiger partial charge is 0.260 e. The lowest BCUT2D eigenvalue weighted by molar-refractivity contribution is 0.0880. The van der Waals surface area contributed by atoms with E-state index in [1.54, 1.807) is 18.2 Å². The quantitative estimate of drug-likeness (QED) is 0.688. The molecule has 0 unspecified atom stereocenters. The van der Waals surface area contributed by atoms with Crippen molar-refractivity contribution in [1.82, 2.24) is 5.32 Å². The van der Waals surface area contributed by atoms with Gasteiger partial charge >= 0.3 is 0 Å². The van der Waals surface area contributed by atoms with E-state index in [1.807, 2.05) is 18.2 Å². The van der Waals surface area contributed by atoms with Crippen LogP contribution in [0.25, 0.3) is 10.8 Å². The molecule has 0 spiro atoms. The monoisotopic (exact) mass is 222 g/mol. The van der Waals surface area contributed by atoms with Gasteiger partial charge in [-0.25, -0.2) is 0 Å². The second-order valence-electron chi connectivity index (χ2n) is 3.79. The van der Waals surface area contributed by atoms with E-state index >= 15 is 0 Å². The summed E-state index contributed by atoms with van der Waals surface area (Å²) in [6.45, 7) is 0. The van der Waals surface area contributed by atoms with Crippen LogP contribution in [-0.2, 0) is 0 Å². The highest BCUT2D eigenvalue weighted by Crippen LogP contribution is 2.28. The Labute approximate surface area is 96.5 Å². The average molecular weight is 222 g/mol. The molecule has 0 radical (unpaired) electrons. The molecular weight excluding hydrogens is 216 g/mol. The lowest BCUT2D eigenvalue weighted by atomic mass is 9.96. The van der Waals surface area contributed by atoms with Gasteiger partial charge in [-0.3, -0.25) is 14.9 Å². The molecule has 1 N–H and O–H groups in total. The van der Waals surface area contributed by atoms with Crippen molar-refractivity contribution >= 4 is 22.6 Å². The van der Waals surface area contributed by atoms with Gasteiger partial charge in [0.25, 0.3) is 11.8 Å². The molecule has 0 saturated heterocycles. The van der Waals surface area contributed by atoms with Crippen LogP contribution >= 0.6 is 0 Å². The number of nitriles is 1. The maximum Gasteiger partial charge on any atom is 0.260 e. The number of imide groups is 1. The van der Waals surface area contributed by atoms with Crippen molar-refractivity contribution in [2.24, 2.45) is 0 Å². The zero-order valence-electron chi connectivity index (χ0n) is 8.65. The number of hydrogen-bond donors (Lipinski definition) is 1. The van der Waals surface area contributed by atoms with Gasteiger partial charge < -0.3 is 0 Å². The number of fused-ring (bicyclic) bond motifs is 3. The number of rotatable bonds is 0. The Morgan fingerprint density at radius 1 is 1.06 bits per heavy atom. The summed E-state index contributed by atoms with van der Waals surface area (Å²) in [6.07, 6.45) is 0. The van der Waals surface area contributed by atoms with Crippen LogP contribution < -0.4 is 5.32 Å². The molecule has 0 fully saturated rings. The molecular formula is C13H6N2O2. The number of hydrogen-bond acceptors (Lipinski definition) is 3. The number of carbonyl (C=O) groups excluding carboxylic acids is 2. The Morgan fingerprint density at radius 2 is 1.76 bits per heavy atom. The van der Waals surface area contributed by atoms with Crippen molar-refractivity contribution in [2.75, 3.05) is 0 Å². The fourth-order valence-electron chi connectivity index (χ4n) is 2.14. The Bertz CT molecular complexity index is 726. The normalized spacial score (nSPS) is 13.4. The summed E-state index contributed by atoms with van der Waals surface area (Å²) < 4.78 is 0. The van der Waals surface area contributed by atoms with Crippen molar-refractivity contribution in [3.63, 3.8) is 0 Å². The highest BCUT2D eigenvalue weighted by Gasteiger charge is 2.31. The van der Waals surface area contributed by atoms with Gasteiger partial charge in [0.15, 0.2) is 0 Å². The molecule has 3 rings (SSSR count). The third-order valence-corrected chi connectivity index (χ3v) is 2.85. The van der Waals surface area contributed by atoms with Gasteiger partial charge in [0.1, 0.15) is 6.07 Å². The summed E-state index contributed by atoms with van der Waals surface area (Å²) in [5.41, 5.74) is 0.739. The summed E-state index contributed by atoms with van der Waals surface area (Å²) in [5.74, 6) is -0.925. The maximum absolute atomic E-state index is 11.7. The lowest BCUT2D eigenvalue weighted by Crippen LogP contribution is -2.20. The molecule has 0 saturated carbocycles. The van der Waals surface area contributed by atoms with Gasteiger partial charge in [-0.2, -0.15) is 5.26 Å². The zero-order chi connectivity index (χ0) is 12.0. The van der Waals surface area contributed by atoms with Crippen LogP contribution in [0, 0.1) is 11.3 Å². The van der Waals surface area contributed by atoms with E-state index < -0.39 is 11.8 Å². The second kappa shape index (κ2) is 3.16. The molecule has 4 heteroatoms. The van der Waals surface area contributed by atoms with Gasteiger partial charge in [-0.15, -0.1) is 0 Å². The van der Waals surface area contributed by atoms with Crippen LogP contribution in [-0.4, -0.2) is 11.8 Å². The Hall–Kier alpha value is -2.67. The predicted octanol–water partition coefficient (Wildman–Crippen LogP) is 1.60. The summed E-state index contributed by atoms with van der Waals surface area (Å²) in [7, 11) is 0. The molecule has 2 aromatic rings. The minimum absolute atomic E-state index is 0.191. The topological polar surface area (TPSA) is 70.0 Å². The molecule has 80 valence electrons. The van der Waals surface area contributed by atoms with E-state index in [4.69, 9.17) is 5.26 Å². The summed E-state index contributed by atoms with van der Waals surface area (Å²) in [5, 5.41) is 12.7. The second-order valence-corrected chi connectivity index (χ2v) is 3.79. The predicted molar refractivity (Wildman–Crippen MR) is 60.5 cm³/mol. The van der Waals surface area contributed by atoms with E-state index in [0.717, 1.165) is 5.39 Å². The molecule has 2 aromatic carbocycles. The Morgan fingerprint density at radius 3 is 2.53 bits per heavy atom. The molecule has 2 amide bonds. The van der Waals surface area contributed by atoms with E-state index in [0.29, 0.717) is 10.9 Å². The molecule has 1 heterocycles. The fourth-order valence-corrected chi connectivity index (χ4v) is 2.14. The summed E-state index contributed by atoms with van der Waals surface area (Å²) >= 11 is 0. The Kier molecular flexibility index (Phi) is 1.77. The van der Waals surface area contributed by atoms with Crippen LogP contribution in [0.4, 0.5) is 0 Å². The molecule has 0 aromatic heterocycles. The van der Waals surface area contributed by atoms with E-state index in [1.165, 1.54) is 0 Å². The first-order valence-corrected chi connectivity index (χ1v) is 5.04. The SMILES string of the molecule is N#Cc1cc2ccccc2c2c1C(=O)NC2=O. The number of benzene rings is 2. The van der Waals surface area contributed by atoms with Crippen LogP contribution in [0.15, 0.2) is 30.3 Å². The standard InChI is InChI=1S/C13H6N2O2/c14-6-8-5-7-3-1-2-4-9(7)11-10(8)12(16)15-13(11)17/h1-5H,(H,15,16,17). The third-order valence-electron chi connectivity index (χ3n) is 2.85. The number of nitrogens with one attached hydrogen (secondary N) is 1. The molecule has 1 aliphatic heterocycles. The molecule has 0 bridgehead atoms. The average Bonchev–Trinajstić information content (AvgIpc) is 2.65. The van der Waals surface area contributed by atoms with Crippen molar-refractivity contribution in [3.8, 4) is 6.07 Å². The third kappa shape index (κ3) is 1.16. The van der Waals surface area contributed by atoms with E-state index in [2.05, 4.69) is 5.32 Å². The van der Waals surface area contributed by atoms with Crippen molar-refractivity contribution in [1.29, 1.82) is 5.26 Å². The fraction of sp³-hybridized carbons (Fsp3) is 0. The first-order chi connectivity index (χ1) is 8.22. The van der Waals surface area contributed by atoms with Crippen LogP contribution in [0.3, 0.4) is 0 Å². The van der Waals surface area contributed by atoms with Crippen molar-refractivity contribution in [2.45, 2.75) is 0 Å². The van der Waals surface area contributed by atoms with Crippen LogP contribution in [0.1, 0.15) is 26.3 Å². The highest BCUT2D eigenvalue weighted by atomic mass is 16.2. The largest absolute Gasteiger partial charge is 0.288 e. The molecule has 0 aliphatic carbocycles. The van der Waals surface area contributed by atoms with Crippen molar-refractivity contribution in [3.05, 3.63) is 47.0 Å². The summed E-state index contributed by atoms with van der Waals surface area (Å²) in [6, 6.07) is 10.8. The minimum atomic E-state index is -0.493. The first-order valence-electron chi connectivity index (χ1n) is 5.04. The number of carbonyl (C=O) groups is 2. The minimum Gasteiger partial charge on any atom is -0.288 e. The summed E-state index contributed by atoms with van der Waals surface area (Å²) in [4.78, 5) is 23.3. The molecule has 4 nitrogen and oxygen atoms in total. The number of nitrogens with zero attached hydrogens (tertiary/aromatic N) is 1. The first kappa shape index (κ1) is 9.55. The zero-order valence-corrected chi connectivity index (χ0v) is 8.65. The van der Waals surface area contributed by atoms with Gasteiger partial charge in [-0.05, 0) is 16.8 Å². The van der Waals surface area contributed by atoms with Gasteiger partial charge in [0, 0.05) is 0 Å². The van der Waals surface area contributed by atoms with Gasteiger partial charge in [0.05, 0.1) is 16.7 Å². The Balaban J connectivity index is 2.56. The highest BCUT2D eigenvalue weighted by molar-refractivity contribution is 6.27. The molecule has 17 heavy (non-hydrogen) atoms. The molecule has 1 aliphatic rings. The van der Waals surface area contributed by atoms with E-state index in [-0.39, 0.29) is 11.1 Å². The lowest BCUT2D eigenvalue weighted by Gasteiger charge is -2.03. The van der Waals surface area contributed by atoms with Crippen LogP contribution in [0.2, 0.25) is 0 Å². The maximum atomic E-state index is 11.7. The van der Waals surface area contributed by atoms with Gasteiger partial charge in [-0.1, -0.05) is 24.3 Å². The number of amides is 2. The van der Waals surface area contributed by atoms with E-state index in [9.17, 15) is 9.59 Å². The van der Waals surface area contributed by atoms with Crippen LogP contribution in [0.5, 0.6) is 0 Å². The van der Waals surface area contributed by atoms with Crippen molar-refractivity contribution < 1.29 is 9.59 Å². The van der Waals surface area contributed by atoms with Gasteiger partial charge in [0.2, 0.25) is 0 Å².